The Labute approximate surface area is 192 Å². The molecular weight excluding hydrogens is 402 g/mol. The molecule has 4 aliphatic rings. The number of carbonyl (C=O) groups excluding carboxylic acids is 2. The number of hydrogen-bond donors (Lipinski definition) is 1. The summed E-state index contributed by atoms with van der Waals surface area (Å²) in [7, 11) is 0.621. The van der Waals surface area contributed by atoms with Crippen molar-refractivity contribution >= 4 is 22.0 Å². The number of Topliss-reactive ketones (excluding diaryl/α,β-unsaturated/α-hetero) is 1. The van der Waals surface area contributed by atoms with Gasteiger partial charge in [-0.25, -0.2) is 0 Å². The quantitative estimate of drug-likeness (QED) is 0.525. The van der Waals surface area contributed by atoms with E-state index in [2.05, 4.69) is 13.8 Å². The molecular formula is C26H45NO3Si. The van der Waals surface area contributed by atoms with Crippen LogP contribution < -0.4 is 5.73 Å². The Morgan fingerprint density at radius 1 is 1.00 bits per heavy atom. The van der Waals surface area contributed by atoms with Crippen molar-refractivity contribution in [1.29, 1.82) is 0 Å². The maximum Gasteiger partial charge on any atom is 0.322 e. The Bertz CT molecular complexity index is 736. The van der Waals surface area contributed by atoms with Gasteiger partial charge in [0.15, 0.2) is 0 Å². The Morgan fingerprint density at radius 2 is 1.65 bits per heavy atom. The van der Waals surface area contributed by atoms with E-state index in [1.54, 1.807) is 0 Å². The van der Waals surface area contributed by atoms with Gasteiger partial charge in [0.1, 0.15) is 11.9 Å². The fraction of sp³-hybridized carbons (Fsp3) is 0.923. The van der Waals surface area contributed by atoms with Gasteiger partial charge in [0.2, 0.25) is 0 Å². The largest absolute Gasteiger partial charge is 0.461 e. The number of rotatable bonds is 4. The molecule has 0 heterocycles. The molecule has 4 aliphatic carbocycles. The molecule has 0 aromatic rings. The van der Waals surface area contributed by atoms with Crippen molar-refractivity contribution in [3.8, 4) is 0 Å². The lowest BCUT2D eigenvalue weighted by molar-refractivity contribution is -0.166. The van der Waals surface area contributed by atoms with E-state index < -0.39 is 5.16 Å². The molecule has 2 N–H and O–H groups in total. The second-order valence-corrected chi connectivity index (χ2v) is 14.3. The first-order valence-electron chi connectivity index (χ1n) is 12.9. The summed E-state index contributed by atoms with van der Waals surface area (Å²) in [6.07, 6.45) is 10.6. The number of fused-ring (bicyclic) bond motifs is 5. The van der Waals surface area contributed by atoms with Crippen LogP contribution in [0.25, 0.3) is 0 Å². The predicted molar refractivity (Wildman–Crippen MR) is 127 cm³/mol. The summed E-state index contributed by atoms with van der Waals surface area (Å²) < 4.78 is 6.01. The first kappa shape index (κ1) is 23.5. The second-order valence-electron chi connectivity index (χ2n) is 12.7. The lowest BCUT2D eigenvalue weighted by Gasteiger charge is -2.61. The van der Waals surface area contributed by atoms with Crippen LogP contribution in [0.3, 0.4) is 0 Å². The van der Waals surface area contributed by atoms with Crippen molar-refractivity contribution < 1.29 is 14.3 Å². The monoisotopic (exact) mass is 447 g/mol. The highest BCUT2D eigenvalue weighted by Crippen LogP contribution is 2.67. The van der Waals surface area contributed by atoms with Crippen LogP contribution in [0.2, 0.25) is 0 Å². The van der Waals surface area contributed by atoms with Crippen molar-refractivity contribution in [1.82, 2.24) is 0 Å². The van der Waals surface area contributed by atoms with E-state index in [1.165, 1.54) is 32.1 Å². The van der Waals surface area contributed by atoms with Crippen molar-refractivity contribution in [3.05, 3.63) is 0 Å². The first-order valence-corrected chi connectivity index (χ1v) is 13.9. The third-order valence-corrected chi connectivity index (χ3v) is 12.6. The van der Waals surface area contributed by atoms with Crippen LogP contribution in [-0.2, 0) is 14.3 Å². The third kappa shape index (κ3) is 3.66. The minimum absolute atomic E-state index is 0.0418. The zero-order valence-electron chi connectivity index (χ0n) is 20.7. The van der Waals surface area contributed by atoms with Crippen LogP contribution in [0, 0.1) is 46.3 Å². The summed E-state index contributed by atoms with van der Waals surface area (Å²) in [5.74, 6) is 3.58. The Hall–Kier alpha value is -0.683. The molecule has 0 spiro atoms. The van der Waals surface area contributed by atoms with Gasteiger partial charge in [-0.2, -0.15) is 0 Å². The number of ether oxygens (including phenoxy) is 1. The number of carbonyl (C=O) groups is 2. The fourth-order valence-electron chi connectivity index (χ4n) is 8.51. The molecule has 0 aromatic carbocycles. The van der Waals surface area contributed by atoms with Crippen LogP contribution in [-0.4, -0.2) is 33.3 Å². The van der Waals surface area contributed by atoms with Crippen molar-refractivity contribution in [2.45, 2.75) is 104 Å². The predicted octanol–water partition coefficient (Wildman–Crippen LogP) is 3.82. The molecule has 4 rings (SSSR count). The highest BCUT2D eigenvalue weighted by atomic mass is 28.1. The summed E-state index contributed by atoms with van der Waals surface area (Å²) >= 11 is 0. The molecule has 176 valence electrons. The molecule has 0 amide bonds. The zero-order chi connectivity index (χ0) is 22.8. The van der Waals surface area contributed by atoms with Gasteiger partial charge in [0.05, 0.1) is 5.16 Å². The number of nitrogens with two attached hydrogens (primary N) is 1. The van der Waals surface area contributed by atoms with Gasteiger partial charge in [0, 0.05) is 16.2 Å². The second kappa shape index (κ2) is 7.97. The summed E-state index contributed by atoms with van der Waals surface area (Å²) in [5.41, 5.74) is 6.92. The first-order chi connectivity index (χ1) is 14.4. The summed E-state index contributed by atoms with van der Waals surface area (Å²) in [6.45, 7) is 10.8. The third-order valence-electron chi connectivity index (χ3n) is 11.0. The normalized spacial score (nSPS) is 46.5. The molecule has 9 atom stereocenters. The molecule has 4 fully saturated rings. The van der Waals surface area contributed by atoms with E-state index >= 15 is 0 Å². The Balaban J connectivity index is 1.46. The summed E-state index contributed by atoms with van der Waals surface area (Å²) in [5, 5.41) is -0.776. The molecule has 4 saturated carbocycles. The molecule has 0 aromatic heterocycles. The lowest BCUT2D eigenvalue weighted by Crippen LogP contribution is -2.57. The fourth-order valence-corrected chi connectivity index (χ4v) is 8.63. The SMILES string of the molecule is CC(=O)[C@H]1CC[C@H]2[C@@H]3CC[C@H]4C[C@H](OC(=O)[C@@](N)([SiH3])C(C)C)CC[C@]4(C)[C@H]3CC[C@]12C. The van der Waals surface area contributed by atoms with Crippen LogP contribution in [0.5, 0.6) is 0 Å². The minimum Gasteiger partial charge on any atom is -0.461 e. The van der Waals surface area contributed by atoms with E-state index in [9.17, 15) is 9.59 Å². The van der Waals surface area contributed by atoms with E-state index in [0.29, 0.717) is 27.4 Å². The van der Waals surface area contributed by atoms with Gasteiger partial charge >= 0.3 is 5.97 Å². The maximum atomic E-state index is 12.7. The average molecular weight is 448 g/mol. The van der Waals surface area contributed by atoms with E-state index in [1.807, 2.05) is 20.8 Å². The lowest BCUT2D eigenvalue weighted by atomic mass is 9.44. The van der Waals surface area contributed by atoms with Gasteiger partial charge in [-0.1, -0.05) is 27.7 Å². The molecule has 4 nitrogen and oxygen atoms in total. The van der Waals surface area contributed by atoms with Crippen LogP contribution in [0.1, 0.15) is 92.4 Å². The zero-order valence-corrected chi connectivity index (χ0v) is 22.7. The minimum atomic E-state index is -0.776. The number of esters is 1. The van der Waals surface area contributed by atoms with Gasteiger partial charge < -0.3 is 10.5 Å². The topological polar surface area (TPSA) is 69.4 Å². The van der Waals surface area contributed by atoms with Crippen LogP contribution in [0.4, 0.5) is 0 Å². The van der Waals surface area contributed by atoms with Gasteiger partial charge in [0.25, 0.3) is 0 Å². The van der Waals surface area contributed by atoms with Crippen molar-refractivity contribution in [3.63, 3.8) is 0 Å². The maximum absolute atomic E-state index is 12.7. The molecule has 5 heteroatoms. The average Bonchev–Trinajstić information content (AvgIpc) is 3.05. The molecule has 0 unspecified atom stereocenters. The van der Waals surface area contributed by atoms with Gasteiger partial charge in [-0.3, -0.25) is 9.59 Å². The van der Waals surface area contributed by atoms with E-state index in [4.69, 9.17) is 10.5 Å². The summed E-state index contributed by atoms with van der Waals surface area (Å²) in [6, 6.07) is 0. The van der Waals surface area contributed by atoms with E-state index in [0.717, 1.165) is 43.4 Å². The Kier molecular flexibility index (Phi) is 6.03. The molecule has 0 bridgehead atoms. The molecule has 0 aliphatic heterocycles. The standard InChI is InChI=1S/C26H45NO3Si/c1-15(2)26(27,31)23(29)30-18-10-12-24(4)17(14-18)6-7-19-21-9-8-20(16(3)28)25(21,5)13-11-22(19)24/h15,17-22H,6-14,27H2,1-5,31H3/t17-,18+,19-,20+,21-,22-,24-,25+,26-/m0/s1. The molecule has 31 heavy (non-hydrogen) atoms. The Morgan fingerprint density at radius 3 is 2.29 bits per heavy atom. The number of ketones is 1. The van der Waals surface area contributed by atoms with Gasteiger partial charge in [-0.15, -0.1) is 0 Å². The van der Waals surface area contributed by atoms with Crippen molar-refractivity contribution in [2.75, 3.05) is 0 Å². The van der Waals surface area contributed by atoms with Crippen LogP contribution >= 0.6 is 0 Å². The highest BCUT2D eigenvalue weighted by molar-refractivity contribution is 6.27. The summed E-state index contributed by atoms with van der Waals surface area (Å²) in [4.78, 5) is 25.1. The van der Waals surface area contributed by atoms with Gasteiger partial charge in [-0.05, 0) is 105 Å². The highest BCUT2D eigenvalue weighted by Gasteiger charge is 2.61. The molecule has 0 radical (unpaired) electrons. The van der Waals surface area contributed by atoms with Crippen molar-refractivity contribution in [2.24, 2.45) is 52.1 Å². The van der Waals surface area contributed by atoms with Crippen LogP contribution in [0.15, 0.2) is 0 Å². The smallest absolute Gasteiger partial charge is 0.322 e. The molecule has 0 saturated heterocycles. The number of hydrogen-bond acceptors (Lipinski definition) is 4. The van der Waals surface area contributed by atoms with E-state index in [-0.39, 0.29) is 29.3 Å².